The monoisotopic (exact) mass is 281 g/mol. The number of hydrogen-bond donors (Lipinski definition) is 2. The van der Waals surface area contributed by atoms with Crippen molar-refractivity contribution < 1.29 is 4.42 Å². The first-order chi connectivity index (χ1) is 10.2. The van der Waals surface area contributed by atoms with Gasteiger partial charge in [-0.25, -0.2) is 15.0 Å². The molecule has 0 aromatic carbocycles. The van der Waals surface area contributed by atoms with E-state index in [1.165, 1.54) is 0 Å². The number of rotatable bonds is 3. The molecule has 6 nitrogen and oxygen atoms in total. The Labute approximate surface area is 121 Å². The highest BCUT2D eigenvalue weighted by Gasteiger charge is 2.15. The summed E-state index contributed by atoms with van der Waals surface area (Å²) in [6.07, 6.45) is 4.06. The van der Waals surface area contributed by atoms with Crippen molar-refractivity contribution in [2.45, 2.75) is 13.3 Å². The predicted molar refractivity (Wildman–Crippen MR) is 81.2 cm³/mol. The van der Waals surface area contributed by atoms with Crippen molar-refractivity contribution in [2.24, 2.45) is 0 Å². The lowest BCUT2D eigenvalue weighted by atomic mass is 10.1. The highest BCUT2D eigenvalue weighted by molar-refractivity contribution is 5.82. The van der Waals surface area contributed by atoms with E-state index in [-0.39, 0.29) is 5.82 Å². The van der Waals surface area contributed by atoms with Gasteiger partial charge < -0.3 is 15.9 Å². The zero-order chi connectivity index (χ0) is 14.8. The lowest BCUT2D eigenvalue weighted by Gasteiger charge is -2.10. The molecular formula is C15H15N5O. The van der Waals surface area contributed by atoms with Gasteiger partial charge in [0.1, 0.15) is 17.3 Å². The van der Waals surface area contributed by atoms with Gasteiger partial charge >= 0.3 is 0 Å². The quantitative estimate of drug-likeness (QED) is 0.764. The topological polar surface area (TPSA) is 104 Å². The molecule has 0 aliphatic rings. The second-order valence-electron chi connectivity index (χ2n) is 4.55. The molecule has 3 aromatic heterocycles. The molecule has 21 heavy (non-hydrogen) atoms. The molecule has 4 N–H and O–H groups in total. The molecule has 106 valence electrons. The van der Waals surface area contributed by atoms with Crippen molar-refractivity contribution >= 4 is 11.5 Å². The summed E-state index contributed by atoms with van der Waals surface area (Å²) in [6, 6.07) is 7.20. The molecule has 0 fully saturated rings. The van der Waals surface area contributed by atoms with Crippen LogP contribution < -0.4 is 11.5 Å². The van der Waals surface area contributed by atoms with Crippen LogP contribution in [0.1, 0.15) is 12.7 Å². The lowest BCUT2D eigenvalue weighted by Crippen LogP contribution is -2.02. The number of anilines is 2. The van der Waals surface area contributed by atoms with Gasteiger partial charge in [0.15, 0.2) is 5.76 Å². The number of hydrogen-bond acceptors (Lipinski definition) is 6. The van der Waals surface area contributed by atoms with Crippen LogP contribution in [0.3, 0.4) is 0 Å². The number of pyridine rings is 1. The molecule has 3 rings (SSSR count). The smallest absolute Gasteiger partial charge is 0.153 e. The highest BCUT2D eigenvalue weighted by atomic mass is 16.3. The van der Waals surface area contributed by atoms with Crippen LogP contribution in [-0.4, -0.2) is 15.0 Å². The largest absolute Gasteiger partial charge is 0.463 e. The van der Waals surface area contributed by atoms with Crippen LogP contribution in [0, 0.1) is 0 Å². The van der Waals surface area contributed by atoms with Gasteiger partial charge in [0.25, 0.3) is 0 Å². The fraction of sp³-hybridized carbons (Fsp3) is 0.133. The first-order valence-corrected chi connectivity index (χ1v) is 6.61. The molecule has 0 unspecified atom stereocenters. The second kappa shape index (κ2) is 5.24. The number of nitrogen functional groups attached to an aromatic ring is 2. The summed E-state index contributed by atoms with van der Waals surface area (Å²) in [5, 5.41) is 0. The van der Waals surface area contributed by atoms with Gasteiger partial charge in [0.2, 0.25) is 0 Å². The van der Waals surface area contributed by atoms with Crippen LogP contribution in [0.15, 0.2) is 41.1 Å². The molecule has 0 bridgehead atoms. The molecular weight excluding hydrogens is 266 g/mol. The van der Waals surface area contributed by atoms with Crippen molar-refractivity contribution in [1.29, 1.82) is 0 Å². The van der Waals surface area contributed by atoms with E-state index >= 15 is 0 Å². The summed E-state index contributed by atoms with van der Waals surface area (Å²) in [5.74, 6) is 1.65. The highest BCUT2D eigenvalue weighted by Crippen LogP contribution is 2.33. The van der Waals surface area contributed by atoms with Gasteiger partial charge in [-0.05, 0) is 24.3 Å². The average Bonchev–Trinajstić information content (AvgIpc) is 3.04. The van der Waals surface area contributed by atoms with Crippen LogP contribution in [0.25, 0.3) is 22.7 Å². The third kappa shape index (κ3) is 2.43. The van der Waals surface area contributed by atoms with Gasteiger partial charge in [-0.2, -0.15) is 0 Å². The van der Waals surface area contributed by atoms with Crippen molar-refractivity contribution in [1.82, 2.24) is 15.0 Å². The number of nitrogens with zero attached hydrogens (tertiary/aromatic N) is 3. The van der Waals surface area contributed by atoms with Crippen molar-refractivity contribution in [3.63, 3.8) is 0 Å². The van der Waals surface area contributed by atoms with Gasteiger partial charge in [0, 0.05) is 18.2 Å². The van der Waals surface area contributed by atoms with Gasteiger partial charge in [-0.3, -0.25) is 0 Å². The summed E-state index contributed by atoms with van der Waals surface area (Å²) in [6.45, 7) is 2.00. The van der Waals surface area contributed by atoms with Gasteiger partial charge in [0.05, 0.1) is 17.6 Å². The van der Waals surface area contributed by atoms with Crippen LogP contribution in [0.2, 0.25) is 0 Å². The third-order valence-electron chi connectivity index (χ3n) is 3.14. The molecule has 0 saturated heterocycles. The van der Waals surface area contributed by atoms with E-state index in [4.69, 9.17) is 15.9 Å². The number of aromatic nitrogens is 3. The molecule has 0 radical (unpaired) electrons. The van der Waals surface area contributed by atoms with E-state index in [2.05, 4.69) is 15.0 Å². The summed E-state index contributed by atoms with van der Waals surface area (Å²) in [5.41, 5.74) is 14.3. The van der Waals surface area contributed by atoms with Crippen LogP contribution >= 0.6 is 0 Å². The van der Waals surface area contributed by atoms with E-state index in [1.807, 2.05) is 19.1 Å². The third-order valence-corrected chi connectivity index (χ3v) is 3.14. The molecule has 0 aliphatic carbocycles. The van der Waals surface area contributed by atoms with Gasteiger partial charge in [-0.1, -0.05) is 6.92 Å². The maximum atomic E-state index is 5.89. The lowest BCUT2D eigenvalue weighted by molar-refractivity contribution is 0.580. The molecule has 0 amide bonds. The Morgan fingerprint density at radius 1 is 1.19 bits per heavy atom. The van der Waals surface area contributed by atoms with Crippen LogP contribution in [0.5, 0.6) is 0 Å². The standard InChI is InChI=1S/C15H15N5O/c1-2-13-18-6-5-11(19-13)9-8-10(16)15(17)20-14(9)12-4-3-7-21-12/h3-8H,2,16H2,1H3,(H2,17,20). The van der Waals surface area contributed by atoms with Gasteiger partial charge in [-0.15, -0.1) is 0 Å². The summed E-state index contributed by atoms with van der Waals surface area (Å²) in [4.78, 5) is 13.1. The maximum Gasteiger partial charge on any atom is 0.153 e. The Kier molecular flexibility index (Phi) is 3.27. The predicted octanol–water partition coefficient (Wildman–Crippen LogP) is 2.53. The molecule has 0 aliphatic heterocycles. The number of aryl methyl sites for hydroxylation is 1. The summed E-state index contributed by atoms with van der Waals surface area (Å²) >= 11 is 0. The fourth-order valence-corrected chi connectivity index (χ4v) is 2.06. The SMILES string of the molecule is CCc1nccc(-c2cc(N)c(N)nc2-c2ccco2)n1. The molecule has 0 atom stereocenters. The van der Waals surface area contributed by atoms with Crippen LogP contribution in [0.4, 0.5) is 11.5 Å². The minimum Gasteiger partial charge on any atom is -0.463 e. The molecule has 3 heterocycles. The Balaban J connectivity index is 2.23. The molecule has 6 heteroatoms. The Morgan fingerprint density at radius 3 is 2.76 bits per heavy atom. The Hall–Kier alpha value is -2.89. The summed E-state index contributed by atoms with van der Waals surface area (Å²) in [7, 11) is 0. The van der Waals surface area contributed by atoms with E-state index < -0.39 is 0 Å². The average molecular weight is 281 g/mol. The Bertz CT molecular complexity index is 768. The van der Waals surface area contributed by atoms with Crippen molar-refractivity contribution in [2.75, 3.05) is 11.5 Å². The van der Waals surface area contributed by atoms with Crippen LogP contribution in [-0.2, 0) is 6.42 Å². The minimum absolute atomic E-state index is 0.273. The minimum atomic E-state index is 0.273. The summed E-state index contributed by atoms with van der Waals surface area (Å²) < 4.78 is 5.43. The van der Waals surface area contributed by atoms with E-state index in [0.29, 0.717) is 17.1 Å². The zero-order valence-electron chi connectivity index (χ0n) is 11.6. The zero-order valence-corrected chi connectivity index (χ0v) is 11.6. The van der Waals surface area contributed by atoms with E-state index in [1.54, 1.807) is 24.6 Å². The molecule has 0 saturated carbocycles. The van der Waals surface area contributed by atoms with Crippen molar-refractivity contribution in [3.8, 4) is 22.7 Å². The first-order valence-electron chi connectivity index (χ1n) is 6.61. The normalized spacial score (nSPS) is 10.7. The Morgan fingerprint density at radius 2 is 2.05 bits per heavy atom. The molecule has 3 aromatic rings. The van der Waals surface area contributed by atoms with E-state index in [0.717, 1.165) is 23.5 Å². The second-order valence-corrected chi connectivity index (χ2v) is 4.55. The number of nitrogens with two attached hydrogens (primary N) is 2. The van der Waals surface area contributed by atoms with Crippen molar-refractivity contribution in [3.05, 3.63) is 42.5 Å². The molecule has 0 spiro atoms. The van der Waals surface area contributed by atoms with E-state index in [9.17, 15) is 0 Å². The fourth-order valence-electron chi connectivity index (χ4n) is 2.06. The first kappa shape index (κ1) is 13.1. The maximum absolute atomic E-state index is 5.89. The number of furan rings is 1.